The van der Waals surface area contributed by atoms with Crippen molar-refractivity contribution in [2.24, 2.45) is 0 Å². The van der Waals surface area contributed by atoms with Crippen LogP contribution in [-0.4, -0.2) is 33.7 Å². The van der Waals surface area contributed by atoms with Crippen LogP contribution in [0.5, 0.6) is 0 Å². The third-order valence-electron chi connectivity index (χ3n) is 3.02. The zero-order valence-electron chi connectivity index (χ0n) is 9.47. The van der Waals surface area contributed by atoms with Gasteiger partial charge in [-0.1, -0.05) is 0 Å². The van der Waals surface area contributed by atoms with E-state index in [1.54, 1.807) is 18.0 Å². The fraction of sp³-hybridized carbons (Fsp3) is 0.545. The molecule has 1 saturated heterocycles. The molecule has 0 unspecified atom stereocenters. The summed E-state index contributed by atoms with van der Waals surface area (Å²) in [6.07, 6.45) is 4.09. The van der Waals surface area contributed by atoms with Crippen LogP contribution in [0.25, 0.3) is 0 Å². The van der Waals surface area contributed by atoms with Crippen LogP contribution in [0.3, 0.4) is 0 Å². The average Bonchev–Trinajstić information content (AvgIpc) is 2.57. The van der Waals surface area contributed by atoms with Crippen molar-refractivity contribution in [3.63, 3.8) is 0 Å². The number of carbonyl (C=O) groups excluding carboxylic acids is 1. The van der Waals surface area contributed by atoms with Crippen LogP contribution in [-0.2, 0) is 10.3 Å². The number of carbonyl (C=O) groups is 1. The van der Waals surface area contributed by atoms with E-state index in [0.717, 1.165) is 5.56 Å². The predicted octanol–water partition coefficient (Wildman–Crippen LogP) is 0.663. The van der Waals surface area contributed by atoms with E-state index >= 15 is 0 Å². The molecule has 2 heterocycles. The Morgan fingerprint density at radius 1 is 1.69 bits per heavy atom. The highest BCUT2D eigenvalue weighted by molar-refractivity contribution is 5.74. The van der Waals surface area contributed by atoms with Gasteiger partial charge in [0.05, 0.1) is 18.7 Å². The molecule has 0 bridgehead atoms. The molecule has 2 rings (SSSR count). The van der Waals surface area contributed by atoms with Gasteiger partial charge < -0.3 is 4.90 Å². The lowest BCUT2D eigenvalue weighted by atomic mass is 9.87. The number of amides is 1. The van der Waals surface area contributed by atoms with Crippen molar-refractivity contribution in [1.82, 2.24) is 14.7 Å². The zero-order chi connectivity index (χ0) is 11.8. The number of hydrogen-bond donors (Lipinski definition) is 0. The van der Waals surface area contributed by atoms with E-state index in [2.05, 4.69) is 11.2 Å². The molecule has 0 spiro atoms. The Balaban J connectivity index is 2.21. The quantitative estimate of drug-likeness (QED) is 0.732. The van der Waals surface area contributed by atoms with Crippen LogP contribution in [0.1, 0.15) is 18.9 Å². The Morgan fingerprint density at radius 2 is 2.38 bits per heavy atom. The van der Waals surface area contributed by atoms with Crippen LogP contribution in [0, 0.1) is 18.3 Å². The summed E-state index contributed by atoms with van der Waals surface area (Å²) in [4.78, 5) is 12.9. The Morgan fingerprint density at radius 3 is 2.81 bits per heavy atom. The molecular formula is C11H14N4O. The second-order valence-corrected chi connectivity index (χ2v) is 4.40. The van der Waals surface area contributed by atoms with E-state index in [4.69, 9.17) is 5.26 Å². The average molecular weight is 218 g/mol. The van der Waals surface area contributed by atoms with Crippen molar-refractivity contribution in [1.29, 1.82) is 5.26 Å². The molecule has 0 N–H and O–H groups in total. The monoisotopic (exact) mass is 218 g/mol. The zero-order valence-corrected chi connectivity index (χ0v) is 9.47. The molecule has 1 fully saturated rings. The number of aryl methyl sites for hydroxylation is 1. The molecule has 5 nitrogen and oxygen atoms in total. The van der Waals surface area contributed by atoms with Crippen LogP contribution in [0.2, 0.25) is 0 Å². The third-order valence-corrected chi connectivity index (χ3v) is 3.02. The second kappa shape index (κ2) is 3.63. The fourth-order valence-electron chi connectivity index (χ4n) is 2.04. The summed E-state index contributed by atoms with van der Waals surface area (Å²) in [6.45, 7) is 4.67. The van der Waals surface area contributed by atoms with Gasteiger partial charge in [-0.05, 0) is 12.5 Å². The lowest BCUT2D eigenvalue weighted by molar-refractivity contribution is -0.140. The minimum atomic E-state index is -0.311. The van der Waals surface area contributed by atoms with Crippen molar-refractivity contribution < 1.29 is 4.79 Å². The topological polar surface area (TPSA) is 61.9 Å². The van der Waals surface area contributed by atoms with Gasteiger partial charge in [-0.15, -0.1) is 0 Å². The number of rotatable bonds is 2. The molecule has 0 atom stereocenters. The fourth-order valence-corrected chi connectivity index (χ4v) is 2.04. The lowest BCUT2D eigenvalue weighted by Crippen LogP contribution is -2.63. The Hall–Kier alpha value is -1.83. The normalized spacial score (nSPS) is 17.7. The van der Waals surface area contributed by atoms with Gasteiger partial charge >= 0.3 is 0 Å². The number of nitrogens with zero attached hydrogens (tertiary/aromatic N) is 4. The molecule has 0 saturated carbocycles. The highest BCUT2D eigenvalue weighted by Gasteiger charge is 2.46. The van der Waals surface area contributed by atoms with E-state index in [0.29, 0.717) is 19.5 Å². The summed E-state index contributed by atoms with van der Waals surface area (Å²) in [5.74, 6) is 0.0532. The van der Waals surface area contributed by atoms with Crippen molar-refractivity contribution >= 4 is 5.91 Å². The van der Waals surface area contributed by atoms with Crippen molar-refractivity contribution in [2.45, 2.75) is 25.8 Å². The van der Waals surface area contributed by atoms with Crippen LogP contribution in [0.15, 0.2) is 12.4 Å². The molecule has 1 aromatic heterocycles. The first-order valence-electron chi connectivity index (χ1n) is 5.22. The molecule has 0 aliphatic carbocycles. The summed E-state index contributed by atoms with van der Waals surface area (Å²) >= 11 is 0. The molecule has 1 amide bonds. The smallest absolute Gasteiger partial charge is 0.219 e. The van der Waals surface area contributed by atoms with E-state index < -0.39 is 0 Å². The maximum atomic E-state index is 11.2. The predicted molar refractivity (Wildman–Crippen MR) is 57.4 cm³/mol. The summed E-state index contributed by atoms with van der Waals surface area (Å²) in [7, 11) is 0. The standard InChI is InChI=1S/C11H14N4O/c1-9-5-13-15(6-9)11(3-4-12)7-14(8-11)10(2)16/h5-6H,3,7-8H2,1-2H3. The van der Waals surface area contributed by atoms with Crippen LogP contribution in [0.4, 0.5) is 0 Å². The first kappa shape index (κ1) is 10.7. The summed E-state index contributed by atoms with van der Waals surface area (Å²) in [5.41, 5.74) is 0.757. The van der Waals surface area contributed by atoms with E-state index in [1.807, 2.05) is 17.8 Å². The summed E-state index contributed by atoms with van der Waals surface area (Å²) < 4.78 is 1.82. The van der Waals surface area contributed by atoms with Gasteiger partial charge in [0, 0.05) is 26.2 Å². The SMILES string of the molecule is CC(=O)N1CC(CC#N)(n2cc(C)cn2)C1. The molecule has 1 aliphatic heterocycles. The van der Waals surface area contributed by atoms with E-state index in [1.165, 1.54) is 0 Å². The molecule has 0 radical (unpaired) electrons. The van der Waals surface area contributed by atoms with Gasteiger partial charge in [-0.3, -0.25) is 9.48 Å². The molecule has 0 aromatic carbocycles. The van der Waals surface area contributed by atoms with Gasteiger partial charge in [0.1, 0.15) is 5.54 Å². The second-order valence-electron chi connectivity index (χ2n) is 4.40. The summed E-state index contributed by atoms with van der Waals surface area (Å²) in [5, 5.41) is 13.1. The Labute approximate surface area is 94.3 Å². The molecule has 16 heavy (non-hydrogen) atoms. The van der Waals surface area contributed by atoms with Crippen molar-refractivity contribution in [3.8, 4) is 6.07 Å². The molecule has 5 heteroatoms. The van der Waals surface area contributed by atoms with E-state index in [9.17, 15) is 4.79 Å². The van der Waals surface area contributed by atoms with Gasteiger partial charge in [0.2, 0.25) is 5.91 Å². The van der Waals surface area contributed by atoms with Gasteiger partial charge in [0.25, 0.3) is 0 Å². The first-order valence-corrected chi connectivity index (χ1v) is 5.22. The van der Waals surface area contributed by atoms with E-state index in [-0.39, 0.29) is 11.4 Å². The van der Waals surface area contributed by atoms with Crippen LogP contribution >= 0.6 is 0 Å². The number of hydrogen-bond acceptors (Lipinski definition) is 3. The van der Waals surface area contributed by atoms with Gasteiger partial charge in [-0.2, -0.15) is 10.4 Å². The Bertz CT molecular complexity index is 451. The molecular weight excluding hydrogens is 204 g/mol. The summed E-state index contributed by atoms with van der Waals surface area (Å²) in [6, 6.07) is 2.18. The van der Waals surface area contributed by atoms with Gasteiger partial charge in [-0.25, -0.2) is 0 Å². The number of aromatic nitrogens is 2. The highest BCUT2D eigenvalue weighted by atomic mass is 16.2. The van der Waals surface area contributed by atoms with Crippen molar-refractivity contribution in [3.05, 3.63) is 18.0 Å². The maximum absolute atomic E-state index is 11.2. The third kappa shape index (κ3) is 1.56. The van der Waals surface area contributed by atoms with Gasteiger partial charge in [0.15, 0.2) is 0 Å². The lowest BCUT2D eigenvalue weighted by Gasteiger charge is -2.48. The minimum Gasteiger partial charge on any atom is -0.338 e. The Kier molecular flexibility index (Phi) is 2.43. The first-order chi connectivity index (χ1) is 7.57. The molecule has 1 aliphatic rings. The molecule has 1 aromatic rings. The molecule has 84 valence electrons. The number of likely N-dealkylation sites (tertiary alicyclic amines) is 1. The van der Waals surface area contributed by atoms with Crippen LogP contribution < -0.4 is 0 Å². The van der Waals surface area contributed by atoms with Crippen molar-refractivity contribution in [2.75, 3.05) is 13.1 Å². The minimum absolute atomic E-state index is 0.0532. The largest absolute Gasteiger partial charge is 0.338 e. The maximum Gasteiger partial charge on any atom is 0.219 e. The number of nitriles is 1. The highest BCUT2D eigenvalue weighted by Crippen LogP contribution is 2.31.